The Morgan fingerprint density at radius 3 is 2.39 bits per heavy atom. The molecule has 0 bridgehead atoms. The summed E-state index contributed by atoms with van der Waals surface area (Å²) in [4.78, 5) is 0. The van der Waals surface area contributed by atoms with E-state index in [9.17, 15) is 13.2 Å². The average Bonchev–Trinajstić information content (AvgIpc) is 2.29. The summed E-state index contributed by atoms with van der Waals surface area (Å²) in [5.41, 5.74) is 0.888. The highest BCUT2D eigenvalue weighted by atomic mass is 35.5. The minimum Gasteiger partial charge on any atom is -0.406 e. The number of ether oxygens (including phenoxy) is 2. The first-order valence-electron chi connectivity index (χ1n) is 5.21. The van der Waals surface area contributed by atoms with E-state index in [0.717, 1.165) is 12.1 Å². The number of hydrogen-bond acceptors (Lipinski definition) is 3. The molecule has 3 nitrogen and oxygen atoms in total. The van der Waals surface area contributed by atoms with Crippen molar-refractivity contribution in [2.75, 3.05) is 19.8 Å². The number of rotatable bonds is 2. The summed E-state index contributed by atoms with van der Waals surface area (Å²) in [5, 5.41) is 3.22. The molecule has 0 aromatic heterocycles. The molecule has 1 unspecified atom stereocenters. The van der Waals surface area contributed by atoms with Crippen LogP contribution in [-0.2, 0) is 4.74 Å². The lowest BCUT2D eigenvalue weighted by Gasteiger charge is -2.24. The second-order valence-corrected chi connectivity index (χ2v) is 3.70. The van der Waals surface area contributed by atoms with Crippen LogP contribution in [0.1, 0.15) is 11.6 Å². The zero-order valence-corrected chi connectivity index (χ0v) is 10.2. The summed E-state index contributed by atoms with van der Waals surface area (Å²) in [7, 11) is 0. The Kier molecular flexibility index (Phi) is 5.25. The first-order chi connectivity index (χ1) is 8.04. The topological polar surface area (TPSA) is 30.5 Å². The monoisotopic (exact) mass is 283 g/mol. The smallest absolute Gasteiger partial charge is 0.406 e. The van der Waals surface area contributed by atoms with Crippen molar-refractivity contribution in [1.82, 2.24) is 5.32 Å². The van der Waals surface area contributed by atoms with E-state index in [-0.39, 0.29) is 24.2 Å². The fourth-order valence-electron chi connectivity index (χ4n) is 1.68. The van der Waals surface area contributed by atoms with Gasteiger partial charge in [-0.25, -0.2) is 0 Å². The van der Waals surface area contributed by atoms with Crippen LogP contribution in [0.15, 0.2) is 24.3 Å². The van der Waals surface area contributed by atoms with Crippen molar-refractivity contribution < 1.29 is 22.6 Å². The van der Waals surface area contributed by atoms with Gasteiger partial charge in [0.05, 0.1) is 19.3 Å². The summed E-state index contributed by atoms with van der Waals surface area (Å²) in [6.07, 6.45) is -4.65. The normalized spacial score (nSPS) is 20.1. The number of alkyl halides is 3. The van der Waals surface area contributed by atoms with Crippen molar-refractivity contribution in [2.45, 2.75) is 12.4 Å². The minimum absolute atomic E-state index is 0. The Labute approximate surface area is 109 Å². The van der Waals surface area contributed by atoms with Gasteiger partial charge in [0.15, 0.2) is 0 Å². The Morgan fingerprint density at radius 1 is 1.22 bits per heavy atom. The average molecular weight is 284 g/mol. The highest BCUT2D eigenvalue weighted by Gasteiger charge is 2.31. The van der Waals surface area contributed by atoms with Gasteiger partial charge in [-0.2, -0.15) is 0 Å². The lowest BCUT2D eigenvalue weighted by molar-refractivity contribution is -0.274. The van der Waals surface area contributed by atoms with Gasteiger partial charge in [0.2, 0.25) is 0 Å². The molecule has 0 spiro atoms. The predicted octanol–water partition coefficient (Wildman–Crippen LogP) is 2.67. The van der Waals surface area contributed by atoms with E-state index < -0.39 is 6.36 Å². The third-order valence-electron chi connectivity index (χ3n) is 2.44. The Balaban J connectivity index is 0.00000162. The Morgan fingerprint density at radius 2 is 1.89 bits per heavy atom. The molecule has 7 heteroatoms. The summed E-state index contributed by atoms with van der Waals surface area (Å²) >= 11 is 0. The Hall–Kier alpha value is -0.980. The quantitative estimate of drug-likeness (QED) is 0.905. The third kappa shape index (κ3) is 4.36. The predicted molar refractivity (Wildman–Crippen MR) is 61.9 cm³/mol. The highest BCUT2D eigenvalue weighted by Crippen LogP contribution is 2.24. The molecule has 0 amide bonds. The van der Waals surface area contributed by atoms with E-state index in [1.54, 1.807) is 12.1 Å². The molecular formula is C11H13ClF3NO2. The van der Waals surface area contributed by atoms with Crippen LogP contribution in [0.3, 0.4) is 0 Å². The van der Waals surface area contributed by atoms with Gasteiger partial charge >= 0.3 is 6.36 Å². The van der Waals surface area contributed by atoms with Crippen LogP contribution in [0.25, 0.3) is 0 Å². The first-order valence-corrected chi connectivity index (χ1v) is 5.21. The van der Waals surface area contributed by atoms with Crippen molar-refractivity contribution in [1.29, 1.82) is 0 Å². The van der Waals surface area contributed by atoms with Gasteiger partial charge in [-0.1, -0.05) is 12.1 Å². The van der Waals surface area contributed by atoms with Gasteiger partial charge < -0.3 is 14.8 Å². The van der Waals surface area contributed by atoms with Crippen LogP contribution in [-0.4, -0.2) is 26.1 Å². The van der Waals surface area contributed by atoms with E-state index in [1.807, 2.05) is 0 Å². The van der Waals surface area contributed by atoms with Crippen molar-refractivity contribution in [3.63, 3.8) is 0 Å². The molecule has 1 atom stereocenters. The van der Waals surface area contributed by atoms with Gasteiger partial charge in [-0.05, 0) is 17.7 Å². The lowest BCUT2D eigenvalue weighted by atomic mass is 10.1. The van der Waals surface area contributed by atoms with Crippen LogP contribution in [0.5, 0.6) is 5.75 Å². The fraction of sp³-hybridized carbons (Fsp3) is 0.455. The largest absolute Gasteiger partial charge is 0.573 e. The molecule has 1 aromatic carbocycles. The Bertz CT molecular complexity index is 364. The van der Waals surface area contributed by atoms with E-state index >= 15 is 0 Å². The van der Waals surface area contributed by atoms with Crippen LogP contribution in [0.2, 0.25) is 0 Å². The van der Waals surface area contributed by atoms with Crippen molar-refractivity contribution in [3.05, 3.63) is 29.8 Å². The maximum Gasteiger partial charge on any atom is 0.573 e. The maximum absolute atomic E-state index is 11.9. The number of benzene rings is 1. The summed E-state index contributed by atoms with van der Waals surface area (Å²) in [6.45, 7) is 1.93. The molecule has 1 saturated heterocycles. The number of morpholine rings is 1. The molecule has 2 rings (SSSR count). The second-order valence-electron chi connectivity index (χ2n) is 3.70. The lowest BCUT2D eigenvalue weighted by Crippen LogP contribution is -2.34. The molecule has 1 aliphatic rings. The summed E-state index contributed by atoms with van der Waals surface area (Å²) in [6, 6.07) is 5.85. The fourth-order valence-corrected chi connectivity index (χ4v) is 1.68. The van der Waals surface area contributed by atoms with Crippen molar-refractivity contribution in [2.24, 2.45) is 0 Å². The molecule has 102 valence electrons. The zero-order chi connectivity index (χ0) is 12.3. The molecule has 0 radical (unpaired) electrons. The molecule has 18 heavy (non-hydrogen) atoms. The zero-order valence-electron chi connectivity index (χ0n) is 9.37. The molecule has 1 fully saturated rings. The molecule has 0 saturated carbocycles. The molecule has 0 aliphatic carbocycles. The van der Waals surface area contributed by atoms with Crippen molar-refractivity contribution in [3.8, 4) is 5.75 Å². The molecular weight excluding hydrogens is 271 g/mol. The van der Waals surface area contributed by atoms with E-state index in [0.29, 0.717) is 13.2 Å². The standard InChI is InChI=1S/C11H12F3NO2.ClH/c12-11(13,14)17-9-3-1-8(2-4-9)10-7-16-6-5-15-10;/h1-4,10,15H,5-7H2;1H. The SMILES string of the molecule is Cl.FC(F)(F)Oc1ccc(C2COCCN2)cc1. The van der Waals surface area contributed by atoms with Crippen LogP contribution < -0.4 is 10.1 Å². The second kappa shape index (κ2) is 6.26. The minimum atomic E-state index is -4.65. The van der Waals surface area contributed by atoms with E-state index in [4.69, 9.17) is 4.74 Å². The van der Waals surface area contributed by atoms with Gasteiger partial charge in [-0.3, -0.25) is 0 Å². The highest BCUT2D eigenvalue weighted by molar-refractivity contribution is 5.85. The van der Waals surface area contributed by atoms with Gasteiger partial charge in [0.1, 0.15) is 5.75 Å². The maximum atomic E-state index is 11.9. The summed E-state index contributed by atoms with van der Waals surface area (Å²) < 4.78 is 44.9. The van der Waals surface area contributed by atoms with Crippen molar-refractivity contribution >= 4 is 12.4 Å². The van der Waals surface area contributed by atoms with Crippen LogP contribution in [0.4, 0.5) is 13.2 Å². The summed E-state index contributed by atoms with van der Waals surface area (Å²) in [5.74, 6) is -0.210. The first kappa shape index (κ1) is 15.1. The molecule has 1 N–H and O–H groups in total. The van der Waals surface area contributed by atoms with Crippen LogP contribution in [0, 0.1) is 0 Å². The molecule has 1 aromatic rings. The van der Waals surface area contributed by atoms with Crippen LogP contribution >= 0.6 is 12.4 Å². The van der Waals surface area contributed by atoms with E-state index in [1.165, 1.54) is 12.1 Å². The number of hydrogen-bond donors (Lipinski definition) is 1. The number of halogens is 4. The van der Waals surface area contributed by atoms with E-state index in [2.05, 4.69) is 10.1 Å². The molecule has 1 heterocycles. The van der Waals surface area contributed by atoms with Gasteiger partial charge in [0, 0.05) is 6.54 Å². The van der Waals surface area contributed by atoms with Gasteiger partial charge in [-0.15, -0.1) is 25.6 Å². The number of nitrogens with one attached hydrogen (secondary N) is 1. The third-order valence-corrected chi connectivity index (χ3v) is 2.44. The van der Waals surface area contributed by atoms with Gasteiger partial charge in [0.25, 0.3) is 0 Å². The molecule has 1 aliphatic heterocycles.